The van der Waals surface area contributed by atoms with Gasteiger partial charge in [-0.2, -0.15) is 5.21 Å². The number of nitrogens with zero attached hydrogens (tertiary/aromatic N) is 6. The van der Waals surface area contributed by atoms with Gasteiger partial charge in [0.05, 0.1) is 11.5 Å². The first kappa shape index (κ1) is 31.0. The Morgan fingerprint density at radius 1 is 0.978 bits per heavy atom. The molecule has 1 saturated carbocycles. The van der Waals surface area contributed by atoms with Crippen molar-refractivity contribution in [2.45, 2.75) is 104 Å². The second kappa shape index (κ2) is 13.5. The van der Waals surface area contributed by atoms with E-state index in [-0.39, 0.29) is 11.6 Å². The summed E-state index contributed by atoms with van der Waals surface area (Å²) in [5.41, 5.74) is 5.85. The molecule has 4 aromatic rings. The van der Waals surface area contributed by atoms with E-state index in [1.54, 1.807) is 0 Å². The summed E-state index contributed by atoms with van der Waals surface area (Å²) in [5.74, 6) is 0.860. The molecule has 1 aliphatic carbocycles. The van der Waals surface area contributed by atoms with Crippen LogP contribution in [0.25, 0.3) is 22.5 Å². The number of amides is 1. The van der Waals surface area contributed by atoms with Gasteiger partial charge in [-0.1, -0.05) is 81.1 Å². The zero-order chi connectivity index (χ0) is 31.4. The highest BCUT2D eigenvalue weighted by Gasteiger charge is 2.50. The van der Waals surface area contributed by atoms with Crippen molar-refractivity contribution in [3.05, 3.63) is 75.7 Å². The largest absolute Gasteiger partial charge is 0.343 e. The summed E-state index contributed by atoms with van der Waals surface area (Å²) >= 11 is 0. The molecule has 9 nitrogen and oxygen atoms in total. The molecule has 1 fully saturated rings. The highest BCUT2D eigenvalue weighted by atomic mass is 16.2. The quantitative estimate of drug-likeness (QED) is 0.207. The lowest BCUT2D eigenvalue weighted by molar-refractivity contribution is -0.149. The normalized spacial score (nSPS) is 17.6. The van der Waals surface area contributed by atoms with Gasteiger partial charge in [-0.25, -0.2) is 4.68 Å². The SMILES string of the molecule is CCCCc1c(Cc2ccc(-c3ccccc3-c3nn[nH]n3)cc2)c(=O)n2n1C(C1(C(=O)N(CC)CC)CCCCC1)CCC2. The molecule has 6 rings (SSSR count). The van der Waals surface area contributed by atoms with E-state index in [0.717, 1.165) is 111 Å². The van der Waals surface area contributed by atoms with Gasteiger partial charge in [0.15, 0.2) is 0 Å². The van der Waals surface area contributed by atoms with Gasteiger partial charge in [0.2, 0.25) is 11.7 Å². The van der Waals surface area contributed by atoms with Gasteiger partial charge >= 0.3 is 0 Å². The van der Waals surface area contributed by atoms with Crippen LogP contribution in [-0.2, 0) is 24.2 Å². The number of rotatable bonds is 11. The summed E-state index contributed by atoms with van der Waals surface area (Å²) < 4.78 is 4.36. The number of carbonyl (C=O) groups is 1. The minimum absolute atomic E-state index is 0.0250. The highest BCUT2D eigenvalue weighted by Crippen LogP contribution is 2.50. The monoisotopic (exact) mass is 609 g/mol. The molecular weight excluding hydrogens is 562 g/mol. The Bertz CT molecular complexity index is 1640. The molecule has 1 N–H and O–H groups in total. The minimum Gasteiger partial charge on any atom is -0.343 e. The van der Waals surface area contributed by atoms with Gasteiger partial charge < -0.3 is 4.90 Å². The molecule has 238 valence electrons. The lowest BCUT2D eigenvalue weighted by Gasteiger charge is -2.47. The molecule has 45 heavy (non-hydrogen) atoms. The molecule has 1 unspecified atom stereocenters. The Morgan fingerprint density at radius 3 is 2.38 bits per heavy atom. The number of aromatic nitrogens is 6. The number of nitrogens with one attached hydrogen (secondary N) is 1. The number of benzene rings is 2. The molecule has 2 aromatic heterocycles. The van der Waals surface area contributed by atoms with E-state index < -0.39 is 5.41 Å². The Hall–Kier alpha value is -4.01. The summed E-state index contributed by atoms with van der Waals surface area (Å²) in [6.45, 7) is 8.56. The predicted molar refractivity (Wildman–Crippen MR) is 177 cm³/mol. The van der Waals surface area contributed by atoms with Crippen LogP contribution < -0.4 is 5.56 Å². The fourth-order valence-electron chi connectivity index (χ4n) is 7.99. The van der Waals surface area contributed by atoms with Crippen LogP contribution in [0, 0.1) is 5.41 Å². The molecule has 1 atom stereocenters. The Morgan fingerprint density at radius 2 is 1.71 bits per heavy atom. The van der Waals surface area contributed by atoms with E-state index in [0.29, 0.717) is 18.2 Å². The van der Waals surface area contributed by atoms with Crippen LogP contribution in [-0.4, -0.2) is 53.9 Å². The number of tetrazole rings is 1. The predicted octanol–water partition coefficient (Wildman–Crippen LogP) is 6.58. The summed E-state index contributed by atoms with van der Waals surface area (Å²) in [7, 11) is 0. The van der Waals surface area contributed by atoms with Crippen LogP contribution in [0.5, 0.6) is 0 Å². The molecule has 3 heterocycles. The van der Waals surface area contributed by atoms with Crippen molar-refractivity contribution < 1.29 is 4.79 Å². The van der Waals surface area contributed by atoms with Crippen LogP contribution in [0.1, 0.15) is 101 Å². The van der Waals surface area contributed by atoms with Crippen molar-refractivity contribution in [1.82, 2.24) is 34.9 Å². The second-order valence-electron chi connectivity index (χ2n) is 12.8. The summed E-state index contributed by atoms with van der Waals surface area (Å²) in [5, 5.41) is 14.7. The molecule has 0 saturated heterocycles. The zero-order valence-electron chi connectivity index (χ0n) is 27.1. The topological polar surface area (TPSA) is 102 Å². The first-order valence-electron chi connectivity index (χ1n) is 17.1. The van der Waals surface area contributed by atoms with Gasteiger partial charge in [-0.05, 0) is 74.3 Å². The van der Waals surface area contributed by atoms with E-state index >= 15 is 0 Å². The highest BCUT2D eigenvalue weighted by molar-refractivity contribution is 5.83. The molecule has 1 aliphatic heterocycles. The summed E-state index contributed by atoms with van der Waals surface area (Å²) in [4.78, 5) is 30.6. The third-order valence-corrected chi connectivity index (χ3v) is 10.3. The number of unbranched alkanes of at least 4 members (excludes halogenated alkanes) is 1. The molecular formula is C36H47N7O2. The standard InChI is InChI=1S/C36H47N7O2/c1-4-7-16-31-30(25-26-18-20-27(21-19-26)28-14-9-10-15-29(28)33-37-39-40-38-33)34(44)42-24-13-17-32(43(31)42)36(22-11-8-12-23-36)35(45)41(5-2)6-3/h9-10,14-15,18-21,32H,4-8,11-13,16-17,22-25H2,1-3H3,(H,37,38,39,40). The van der Waals surface area contributed by atoms with Gasteiger partial charge in [0, 0.05) is 42.9 Å². The Balaban J connectivity index is 1.38. The zero-order valence-corrected chi connectivity index (χ0v) is 27.1. The van der Waals surface area contributed by atoms with Crippen LogP contribution in [0.3, 0.4) is 0 Å². The van der Waals surface area contributed by atoms with Crippen LogP contribution in [0.4, 0.5) is 0 Å². The van der Waals surface area contributed by atoms with E-state index in [9.17, 15) is 9.59 Å². The van der Waals surface area contributed by atoms with Crippen LogP contribution >= 0.6 is 0 Å². The number of carbonyl (C=O) groups excluding carboxylic acids is 1. The molecule has 2 aromatic carbocycles. The summed E-state index contributed by atoms with van der Waals surface area (Å²) in [6, 6.07) is 16.6. The van der Waals surface area contributed by atoms with Gasteiger partial charge in [-0.15, -0.1) is 10.2 Å². The van der Waals surface area contributed by atoms with Crippen LogP contribution in [0.15, 0.2) is 53.3 Å². The lowest BCUT2D eigenvalue weighted by atomic mass is 9.66. The van der Waals surface area contributed by atoms with Crippen molar-refractivity contribution >= 4 is 5.91 Å². The van der Waals surface area contributed by atoms with E-state index in [1.807, 2.05) is 27.8 Å². The number of H-pyrrole nitrogens is 1. The third-order valence-electron chi connectivity index (χ3n) is 10.3. The minimum atomic E-state index is -0.441. The van der Waals surface area contributed by atoms with E-state index in [1.165, 1.54) is 6.42 Å². The van der Waals surface area contributed by atoms with Gasteiger partial charge in [0.25, 0.3) is 5.56 Å². The second-order valence-corrected chi connectivity index (χ2v) is 12.8. The third kappa shape index (κ3) is 5.77. The van der Waals surface area contributed by atoms with Crippen molar-refractivity contribution in [3.8, 4) is 22.5 Å². The Kier molecular flexibility index (Phi) is 9.33. The maximum absolute atomic E-state index is 14.4. The number of fused-ring (bicyclic) bond motifs is 1. The average molecular weight is 610 g/mol. The smallest absolute Gasteiger partial charge is 0.270 e. The first-order chi connectivity index (χ1) is 22.0. The fraction of sp³-hybridized carbons (Fsp3) is 0.528. The fourth-order valence-corrected chi connectivity index (χ4v) is 7.99. The van der Waals surface area contributed by atoms with Crippen LogP contribution in [0.2, 0.25) is 0 Å². The van der Waals surface area contributed by atoms with E-state index in [2.05, 4.69) is 76.4 Å². The van der Waals surface area contributed by atoms with Crippen molar-refractivity contribution in [2.24, 2.45) is 5.41 Å². The number of aromatic amines is 1. The lowest BCUT2D eigenvalue weighted by Crippen LogP contribution is -2.52. The summed E-state index contributed by atoms with van der Waals surface area (Å²) in [6.07, 6.45) is 10.6. The van der Waals surface area contributed by atoms with E-state index in [4.69, 9.17) is 0 Å². The molecule has 1 amide bonds. The average Bonchev–Trinajstić information content (AvgIpc) is 3.72. The number of hydrogen-bond acceptors (Lipinski definition) is 5. The maximum Gasteiger partial charge on any atom is 0.270 e. The first-order valence-corrected chi connectivity index (χ1v) is 17.1. The van der Waals surface area contributed by atoms with Gasteiger partial charge in [0.1, 0.15) is 0 Å². The van der Waals surface area contributed by atoms with Gasteiger partial charge in [-0.3, -0.25) is 14.3 Å². The van der Waals surface area contributed by atoms with Crippen molar-refractivity contribution in [1.29, 1.82) is 0 Å². The van der Waals surface area contributed by atoms with Crippen molar-refractivity contribution in [3.63, 3.8) is 0 Å². The molecule has 0 spiro atoms. The number of hydrogen-bond donors (Lipinski definition) is 1. The Labute approximate surface area is 266 Å². The molecule has 2 aliphatic rings. The molecule has 0 bridgehead atoms. The maximum atomic E-state index is 14.4. The molecule has 9 heteroatoms. The molecule has 0 radical (unpaired) electrons. The van der Waals surface area contributed by atoms with Crippen molar-refractivity contribution in [2.75, 3.05) is 13.1 Å².